The van der Waals surface area contributed by atoms with E-state index >= 15 is 0 Å². The molecular weight excluding hydrogens is 640 g/mol. The largest absolute Gasteiger partial charge is 0.368 e. The number of piperidine rings is 1. The van der Waals surface area contributed by atoms with E-state index in [0.717, 1.165) is 33.2 Å². The van der Waals surface area contributed by atoms with Gasteiger partial charge in [-0.2, -0.15) is 0 Å². The molecule has 0 saturated carbocycles. The topological polar surface area (TPSA) is 158 Å². The highest BCUT2D eigenvalue weighted by Gasteiger charge is 2.37. The van der Waals surface area contributed by atoms with Crippen LogP contribution in [-0.4, -0.2) is 59.8 Å². The van der Waals surface area contributed by atoms with E-state index in [1.807, 2.05) is 121 Å². The van der Waals surface area contributed by atoms with Crippen LogP contribution in [0, 0.1) is 5.92 Å². The number of benzene rings is 4. The van der Waals surface area contributed by atoms with Crippen LogP contribution in [0.1, 0.15) is 41.0 Å². The van der Waals surface area contributed by atoms with Crippen molar-refractivity contribution in [3.05, 3.63) is 144 Å². The molecule has 2 heterocycles. The fourth-order valence-electron chi connectivity index (χ4n) is 6.89. The van der Waals surface area contributed by atoms with Gasteiger partial charge in [0.2, 0.25) is 23.6 Å². The van der Waals surface area contributed by atoms with Crippen molar-refractivity contribution < 1.29 is 19.2 Å². The molecule has 0 unspecified atom stereocenters. The first-order valence-electron chi connectivity index (χ1n) is 17.5. The number of aromatic amines is 1. The summed E-state index contributed by atoms with van der Waals surface area (Å²) in [4.78, 5) is 58.7. The zero-order valence-corrected chi connectivity index (χ0v) is 28.4. The van der Waals surface area contributed by atoms with Crippen molar-refractivity contribution in [2.75, 3.05) is 13.1 Å². The number of primary amides is 1. The van der Waals surface area contributed by atoms with Crippen molar-refractivity contribution >= 4 is 34.5 Å². The molecule has 7 N–H and O–H groups in total. The first-order chi connectivity index (χ1) is 24.9. The molecule has 5 aromatic rings. The number of nitrogens with one attached hydrogen (secondary N) is 5. The number of para-hydroxylation sites is 1. The molecule has 1 aliphatic rings. The average Bonchev–Trinajstić information content (AvgIpc) is 3.58. The molecule has 3 atom stereocenters. The first kappa shape index (κ1) is 35.1. The second-order valence-corrected chi connectivity index (χ2v) is 13.1. The van der Waals surface area contributed by atoms with Crippen molar-refractivity contribution in [3.8, 4) is 0 Å². The van der Waals surface area contributed by atoms with Crippen molar-refractivity contribution in [2.45, 2.75) is 49.7 Å². The van der Waals surface area contributed by atoms with Crippen molar-refractivity contribution in [2.24, 2.45) is 11.7 Å². The van der Waals surface area contributed by atoms with E-state index in [4.69, 9.17) is 5.73 Å². The number of amides is 4. The number of fused-ring (bicyclic) bond motifs is 1. The third-order valence-electron chi connectivity index (χ3n) is 9.62. The predicted molar refractivity (Wildman–Crippen MR) is 197 cm³/mol. The van der Waals surface area contributed by atoms with Gasteiger partial charge in [-0.15, -0.1) is 0 Å². The van der Waals surface area contributed by atoms with E-state index in [9.17, 15) is 19.2 Å². The Balaban J connectivity index is 1.35. The van der Waals surface area contributed by atoms with Crippen LogP contribution >= 0.6 is 0 Å². The molecule has 4 aromatic carbocycles. The summed E-state index contributed by atoms with van der Waals surface area (Å²) < 4.78 is 0. The molecular formula is C41H44N6O4. The number of aromatic nitrogens is 1. The number of H-pyrrole nitrogens is 1. The van der Waals surface area contributed by atoms with Crippen molar-refractivity contribution in [1.29, 1.82) is 0 Å². The molecule has 1 aromatic heterocycles. The molecule has 1 aliphatic heterocycles. The van der Waals surface area contributed by atoms with Crippen LogP contribution in [0.15, 0.2) is 121 Å². The number of hydrogen-bond donors (Lipinski definition) is 6. The van der Waals surface area contributed by atoms with Gasteiger partial charge >= 0.3 is 0 Å². The molecule has 0 radical (unpaired) electrons. The van der Waals surface area contributed by atoms with Crippen LogP contribution in [0.3, 0.4) is 0 Å². The minimum absolute atomic E-state index is 0.120. The summed E-state index contributed by atoms with van der Waals surface area (Å²) in [5.41, 5.74) is 9.98. The molecule has 6 rings (SSSR count). The summed E-state index contributed by atoms with van der Waals surface area (Å²) in [5.74, 6) is -2.80. The molecule has 10 nitrogen and oxygen atoms in total. The minimum Gasteiger partial charge on any atom is -0.368 e. The van der Waals surface area contributed by atoms with E-state index in [-0.39, 0.29) is 24.7 Å². The van der Waals surface area contributed by atoms with Gasteiger partial charge in [0.15, 0.2) is 0 Å². The smallest absolute Gasteiger partial charge is 0.244 e. The third kappa shape index (κ3) is 8.90. The van der Waals surface area contributed by atoms with Crippen molar-refractivity contribution in [1.82, 2.24) is 26.3 Å². The second-order valence-electron chi connectivity index (χ2n) is 13.1. The van der Waals surface area contributed by atoms with Crippen LogP contribution in [0.5, 0.6) is 0 Å². The van der Waals surface area contributed by atoms with Gasteiger partial charge in [0.1, 0.15) is 18.1 Å². The van der Waals surface area contributed by atoms with Crippen LogP contribution in [0.4, 0.5) is 0 Å². The number of rotatable bonds is 14. The quantitative estimate of drug-likeness (QED) is 0.105. The fourth-order valence-corrected chi connectivity index (χ4v) is 6.89. The van der Waals surface area contributed by atoms with E-state index in [1.54, 1.807) is 0 Å². The summed E-state index contributed by atoms with van der Waals surface area (Å²) in [6.07, 6.45) is 3.44. The van der Waals surface area contributed by atoms with Gasteiger partial charge in [-0.1, -0.05) is 109 Å². The van der Waals surface area contributed by atoms with E-state index in [2.05, 4.69) is 26.3 Å². The normalized spacial score (nSPS) is 15.1. The van der Waals surface area contributed by atoms with Gasteiger partial charge in [0.25, 0.3) is 0 Å². The van der Waals surface area contributed by atoms with Gasteiger partial charge in [-0.25, -0.2) is 0 Å². The fraction of sp³-hybridized carbons (Fsp3) is 0.268. The number of hydrogen-bond acceptors (Lipinski definition) is 5. The Bertz CT molecular complexity index is 1890. The van der Waals surface area contributed by atoms with Crippen LogP contribution in [-0.2, 0) is 32.0 Å². The van der Waals surface area contributed by atoms with Crippen LogP contribution in [0.25, 0.3) is 10.9 Å². The lowest BCUT2D eigenvalue weighted by atomic mass is 9.83. The maximum absolute atomic E-state index is 14.7. The maximum Gasteiger partial charge on any atom is 0.244 e. The lowest BCUT2D eigenvalue weighted by Crippen LogP contribution is -2.59. The maximum atomic E-state index is 14.7. The Labute approximate surface area is 297 Å². The zero-order valence-electron chi connectivity index (χ0n) is 28.4. The molecule has 51 heavy (non-hydrogen) atoms. The number of nitrogens with two attached hydrogens (primary N) is 1. The standard InChI is InChI=1S/C41H44N6O4/c42-38(48)34(24-27-12-4-1-5-13-27)45-40(50)35(25-31-26-44-33-19-11-10-18-32(31)33)46-41(51)37(47-39(49)30-20-22-43-23-21-30)36(28-14-6-2-7-15-28)29-16-8-3-9-17-29/h1-19,26,30,34-37,43-44H,20-25H2,(H2,42,48)(H,45,50)(H,46,51)(H,47,49)/t34-,35+,37+/m0/s1. The van der Waals surface area contributed by atoms with Gasteiger partial charge < -0.3 is 32.0 Å². The lowest BCUT2D eigenvalue weighted by Gasteiger charge is -2.32. The zero-order chi connectivity index (χ0) is 35.6. The highest BCUT2D eigenvalue weighted by molar-refractivity contribution is 5.96. The molecule has 0 aliphatic carbocycles. The highest BCUT2D eigenvalue weighted by atomic mass is 16.2. The van der Waals surface area contributed by atoms with Gasteiger partial charge in [-0.05, 0) is 54.3 Å². The van der Waals surface area contributed by atoms with E-state index < -0.39 is 41.8 Å². The molecule has 1 fully saturated rings. The SMILES string of the molecule is NC(=O)[C@H](Cc1ccccc1)NC(=O)[C@@H](Cc1c[nH]c2ccccc12)NC(=O)[C@H](NC(=O)C1CCNCC1)C(c1ccccc1)c1ccccc1. The van der Waals surface area contributed by atoms with Gasteiger partial charge in [0, 0.05) is 41.8 Å². The van der Waals surface area contributed by atoms with Gasteiger partial charge in [-0.3, -0.25) is 19.2 Å². The monoisotopic (exact) mass is 684 g/mol. The average molecular weight is 685 g/mol. The molecule has 4 amide bonds. The number of carbonyl (C=O) groups excluding carboxylic acids is 4. The van der Waals surface area contributed by atoms with Crippen molar-refractivity contribution in [3.63, 3.8) is 0 Å². The van der Waals surface area contributed by atoms with Crippen LogP contribution in [0.2, 0.25) is 0 Å². The second kappa shape index (κ2) is 16.8. The Hall–Kier alpha value is -5.74. The van der Waals surface area contributed by atoms with E-state index in [1.165, 1.54) is 0 Å². The molecule has 10 heteroatoms. The minimum atomic E-state index is -1.11. The molecule has 0 spiro atoms. The first-order valence-corrected chi connectivity index (χ1v) is 17.5. The molecule has 262 valence electrons. The van der Waals surface area contributed by atoms with Gasteiger partial charge in [0.05, 0.1) is 0 Å². The molecule has 0 bridgehead atoms. The molecule has 1 saturated heterocycles. The Morgan fingerprint density at radius 2 is 1.24 bits per heavy atom. The Morgan fingerprint density at radius 1 is 0.667 bits per heavy atom. The third-order valence-corrected chi connectivity index (χ3v) is 9.62. The number of carbonyl (C=O) groups is 4. The lowest BCUT2D eigenvalue weighted by molar-refractivity contribution is -0.134. The summed E-state index contributed by atoms with van der Waals surface area (Å²) >= 11 is 0. The summed E-state index contributed by atoms with van der Waals surface area (Å²) in [7, 11) is 0. The summed E-state index contributed by atoms with van der Waals surface area (Å²) in [5, 5.41) is 13.1. The summed E-state index contributed by atoms with van der Waals surface area (Å²) in [6.45, 7) is 1.43. The van der Waals surface area contributed by atoms with E-state index in [0.29, 0.717) is 25.9 Å². The summed E-state index contributed by atoms with van der Waals surface area (Å²) in [6, 6.07) is 33.0. The Morgan fingerprint density at radius 3 is 1.86 bits per heavy atom. The Kier molecular flexibility index (Phi) is 11.5. The predicted octanol–water partition coefficient (Wildman–Crippen LogP) is 3.72. The van der Waals surface area contributed by atoms with Crippen LogP contribution < -0.4 is 27.0 Å². The highest BCUT2D eigenvalue weighted by Crippen LogP contribution is 2.29.